The van der Waals surface area contributed by atoms with Crippen molar-refractivity contribution in [3.05, 3.63) is 52.9 Å². The Balaban J connectivity index is 1.42. The standard InChI is InChI=1S/C26H39N3OS/c1-6-13-28(14-7-2)18-26-17-24-23(27-24)16-21(26)12-15-29(19-26)31-30-22-10-8-20(9-11-22)25(3,4)5/h8-11,16,27H,6-7,12-15,17-19H2,1-5H3. The Morgan fingerprint density at radius 3 is 2.48 bits per heavy atom. The Kier molecular flexibility index (Phi) is 6.76. The second-order valence-corrected chi connectivity index (χ2v) is 11.3. The number of fused-ring (bicyclic) bond motifs is 1. The lowest BCUT2D eigenvalue weighted by Gasteiger charge is -2.46. The summed E-state index contributed by atoms with van der Waals surface area (Å²) in [6, 6.07) is 8.59. The Hall–Kier alpha value is -1.43. The molecule has 1 unspecified atom stereocenters. The third-order valence-corrected chi connectivity index (χ3v) is 7.53. The molecule has 170 valence electrons. The van der Waals surface area contributed by atoms with E-state index in [-0.39, 0.29) is 10.8 Å². The van der Waals surface area contributed by atoms with E-state index < -0.39 is 0 Å². The first-order valence-electron chi connectivity index (χ1n) is 12.0. The van der Waals surface area contributed by atoms with Gasteiger partial charge in [-0.2, -0.15) is 0 Å². The number of benzene rings is 1. The number of piperidine rings is 1. The Bertz CT molecular complexity index is 833. The molecule has 2 aliphatic heterocycles. The van der Waals surface area contributed by atoms with Crippen molar-refractivity contribution in [3.63, 3.8) is 0 Å². The highest BCUT2D eigenvalue weighted by Crippen LogP contribution is 2.49. The van der Waals surface area contributed by atoms with Crippen molar-refractivity contribution < 1.29 is 4.18 Å². The largest absolute Gasteiger partial charge is 0.409 e. The van der Waals surface area contributed by atoms with Crippen LogP contribution in [0.15, 0.2) is 47.3 Å². The summed E-state index contributed by atoms with van der Waals surface area (Å²) in [5.74, 6) is 0.935. The van der Waals surface area contributed by atoms with Crippen LogP contribution in [0.4, 0.5) is 0 Å². The van der Waals surface area contributed by atoms with Gasteiger partial charge in [0.25, 0.3) is 0 Å². The lowest BCUT2D eigenvalue weighted by atomic mass is 9.71. The van der Waals surface area contributed by atoms with Gasteiger partial charge in [-0.1, -0.05) is 52.3 Å². The highest BCUT2D eigenvalue weighted by Gasteiger charge is 2.47. The van der Waals surface area contributed by atoms with E-state index in [2.05, 4.69) is 79.5 Å². The summed E-state index contributed by atoms with van der Waals surface area (Å²) in [7, 11) is 0. The lowest BCUT2D eigenvalue weighted by Crippen LogP contribution is -2.49. The fourth-order valence-corrected chi connectivity index (χ4v) is 5.81. The van der Waals surface area contributed by atoms with Crippen molar-refractivity contribution >= 4 is 12.2 Å². The maximum absolute atomic E-state index is 6.16. The van der Waals surface area contributed by atoms with Crippen LogP contribution in [0.2, 0.25) is 0 Å². The van der Waals surface area contributed by atoms with Crippen LogP contribution in [-0.2, 0) is 5.41 Å². The summed E-state index contributed by atoms with van der Waals surface area (Å²) in [5, 5.41) is 3.52. The van der Waals surface area contributed by atoms with E-state index in [1.54, 1.807) is 5.57 Å². The van der Waals surface area contributed by atoms with Gasteiger partial charge in [-0.05, 0) is 61.5 Å². The maximum Gasteiger partial charge on any atom is 0.146 e. The van der Waals surface area contributed by atoms with Gasteiger partial charge in [0.2, 0.25) is 0 Å². The topological polar surface area (TPSA) is 37.7 Å². The molecule has 2 heterocycles. The summed E-state index contributed by atoms with van der Waals surface area (Å²) in [5.41, 5.74) is 6.20. The first kappa shape index (κ1) is 22.8. The average Bonchev–Trinajstić information content (AvgIpc) is 3.47. The molecular formula is C26H39N3OS. The van der Waals surface area contributed by atoms with Crippen LogP contribution in [0, 0.1) is 5.41 Å². The molecule has 1 aliphatic carbocycles. The molecule has 1 saturated heterocycles. The molecule has 5 heteroatoms. The van der Waals surface area contributed by atoms with Crippen molar-refractivity contribution in [2.75, 3.05) is 32.7 Å². The van der Waals surface area contributed by atoms with E-state index in [1.807, 2.05) is 0 Å². The van der Waals surface area contributed by atoms with Gasteiger partial charge in [0.15, 0.2) is 0 Å². The Labute approximate surface area is 193 Å². The van der Waals surface area contributed by atoms with Crippen molar-refractivity contribution in [2.24, 2.45) is 5.41 Å². The van der Waals surface area contributed by atoms with E-state index in [9.17, 15) is 0 Å². The van der Waals surface area contributed by atoms with Crippen molar-refractivity contribution in [1.82, 2.24) is 14.5 Å². The van der Waals surface area contributed by atoms with Gasteiger partial charge in [-0.25, -0.2) is 4.31 Å². The molecule has 31 heavy (non-hydrogen) atoms. The van der Waals surface area contributed by atoms with Gasteiger partial charge in [-0.3, -0.25) is 0 Å². The molecular weight excluding hydrogens is 402 g/mol. The number of hydrogen-bond donors (Lipinski definition) is 1. The maximum atomic E-state index is 6.16. The van der Waals surface area contributed by atoms with E-state index in [1.165, 1.54) is 55.1 Å². The third-order valence-electron chi connectivity index (χ3n) is 6.74. The number of allylic oxidation sites excluding steroid dienone is 2. The van der Waals surface area contributed by atoms with Crippen LogP contribution < -0.4 is 9.50 Å². The molecule has 0 amide bonds. The molecule has 1 fully saturated rings. The first-order chi connectivity index (χ1) is 14.8. The minimum atomic E-state index is 0.169. The van der Waals surface area contributed by atoms with E-state index in [0.29, 0.717) is 0 Å². The van der Waals surface area contributed by atoms with Crippen molar-refractivity contribution in [3.8, 4) is 5.75 Å². The molecule has 1 aromatic rings. The molecule has 0 radical (unpaired) electrons. The number of rotatable bonds is 9. The molecule has 0 saturated carbocycles. The van der Waals surface area contributed by atoms with Gasteiger partial charge >= 0.3 is 0 Å². The minimum Gasteiger partial charge on any atom is -0.409 e. The van der Waals surface area contributed by atoms with Crippen LogP contribution in [0.1, 0.15) is 65.9 Å². The molecule has 3 aliphatic rings. The summed E-state index contributed by atoms with van der Waals surface area (Å²) in [4.78, 5) is 2.68. The van der Waals surface area contributed by atoms with Gasteiger partial charge in [0, 0.05) is 37.2 Å². The van der Waals surface area contributed by atoms with E-state index >= 15 is 0 Å². The minimum absolute atomic E-state index is 0.169. The van der Waals surface area contributed by atoms with E-state index in [4.69, 9.17) is 4.18 Å². The summed E-state index contributed by atoms with van der Waals surface area (Å²) in [6.45, 7) is 16.9. The smallest absolute Gasteiger partial charge is 0.146 e. The predicted molar refractivity (Wildman–Crippen MR) is 132 cm³/mol. The zero-order chi connectivity index (χ0) is 22.1. The zero-order valence-corrected chi connectivity index (χ0v) is 20.8. The summed E-state index contributed by atoms with van der Waals surface area (Å²) >= 11 is 1.54. The zero-order valence-electron chi connectivity index (χ0n) is 20.0. The van der Waals surface area contributed by atoms with Crippen LogP contribution in [0.5, 0.6) is 5.75 Å². The number of nitrogens with one attached hydrogen (secondary N) is 1. The van der Waals surface area contributed by atoms with Gasteiger partial charge in [0.1, 0.15) is 18.0 Å². The highest BCUT2D eigenvalue weighted by atomic mass is 32.2. The fourth-order valence-electron chi connectivity index (χ4n) is 5.04. The Morgan fingerprint density at radius 2 is 1.84 bits per heavy atom. The van der Waals surface area contributed by atoms with Crippen molar-refractivity contribution in [2.45, 2.75) is 65.7 Å². The van der Waals surface area contributed by atoms with Crippen LogP contribution in [0.3, 0.4) is 0 Å². The van der Waals surface area contributed by atoms with Gasteiger partial charge in [-0.15, -0.1) is 0 Å². The lowest BCUT2D eigenvalue weighted by molar-refractivity contribution is 0.131. The van der Waals surface area contributed by atoms with E-state index in [0.717, 1.165) is 38.2 Å². The molecule has 0 spiro atoms. The fraction of sp³-hybridized carbons (Fsp3) is 0.615. The molecule has 1 atom stereocenters. The number of hydrogen-bond acceptors (Lipinski definition) is 5. The molecule has 4 rings (SSSR count). The SMILES string of the molecule is CCCN(CCC)CC12CC3=C(C=C1CCN(SOc1ccc(C(C)(C)C)cc1)C2)N3. The molecule has 0 aromatic heterocycles. The van der Waals surface area contributed by atoms with Crippen LogP contribution >= 0.6 is 12.2 Å². The summed E-state index contributed by atoms with van der Waals surface area (Å²) < 4.78 is 8.60. The molecule has 4 nitrogen and oxygen atoms in total. The predicted octanol–water partition coefficient (Wildman–Crippen LogP) is 5.89. The highest BCUT2D eigenvalue weighted by molar-refractivity contribution is 7.92. The summed E-state index contributed by atoms with van der Waals surface area (Å²) in [6.07, 6.45) is 7.16. The number of nitrogens with zero attached hydrogens (tertiary/aromatic N) is 2. The quantitative estimate of drug-likeness (QED) is 0.382. The van der Waals surface area contributed by atoms with Crippen LogP contribution in [-0.4, -0.2) is 41.9 Å². The second-order valence-electron chi connectivity index (χ2n) is 10.5. The molecule has 0 bridgehead atoms. The third kappa shape index (κ3) is 5.32. The Morgan fingerprint density at radius 1 is 1.13 bits per heavy atom. The van der Waals surface area contributed by atoms with Crippen LogP contribution in [0.25, 0.3) is 0 Å². The van der Waals surface area contributed by atoms with Crippen molar-refractivity contribution in [1.29, 1.82) is 0 Å². The second kappa shape index (κ2) is 9.21. The molecule has 1 aromatic carbocycles. The van der Waals surface area contributed by atoms with Gasteiger partial charge in [0.05, 0.1) is 5.70 Å². The normalized spacial score (nSPS) is 23.2. The first-order valence-corrected chi connectivity index (χ1v) is 12.7. The molecule has 1 N–H and O–H groups in total. The van der Waals surface area contributed by atoms with Gasteiger partial charge < -0.3 is 14.4 Å². The average molecular weight is 442 g/mol. The monoisotopic (exact) mass is 441 g/mol.